The van der Waals surface area contributed by atoms with Gasteiger partial charge in [-0.3, -0.25) is 0 Å². The van der Waals surface area contributed by atoms with Crippen LogP contribution in [0, 0.1) is 0 Å². The Balaban J connectivity index is 2.06. The Morgan fingerprint density at radius 2 is 2.25 bits per heavy atom. The first kappa shape index (κ1) is 15.9. The molecular formula is C15H27N3OS. The summed E-state index contributed by atoms with van der Waals surface area (Å²) in [5.74, 6) is 0. The highest BCUT2D eigenvalue weighted by molar-refractivity contribution is 7.11. The van der Waals surface area contributed by atoms with Crippen LogP contribution in [-0.4, -0.2) is 43.2 Å². The summed E-state index contributed by atoms with van der Waals surface area (Å²) in [4.78, 5) is 8.58. The Morgan fingerprint density at radius 3 is 2.95 bits per heavy atom. The number of nitrogens with one attached hydrogen (secondary N) is 1. The molecule has 0 aliphatic carbocycles. The van der Waals surface area contributed by atoms with E-state index in [0.29, 0.717) is 0 Å². The number of rotatable bonds is 7. The van der Waals surface area contributed by atoms with Crippen LogP contribution in [0.1, 0.15) is 48.4 Å². The van der Waals surface area contributed by atoms with Gasteiger partial charge in [-0.05, 0) is 26.4 Å². The molecule has 0 radical (unpaired) electrons. The van der Waals surface area contributed by atoms with Gasteiger partial charge in [0.05, 0.1) is 12.3 Å². The smallest absolute Gasteiger partial charge is 0.123 e. The van der Waals surface area contributed by atoms with Crippen molar-refractivity contribution in [2.45, 2.75) is 45.8 Å². The fourth-order valence-electron chi connectivity index (χ4n) is 2.42. The molecule has 20 heavy (non-hydrogen) atoms. The Hall–Kier alpha value is -0.490. The molecule has 1 atom stereocenters. The monoisotopic (exact) mass is 297 g/mol. The third kappa shape index (κ3) is 4.25. The lowest BCUT2D eigenvalue weighted by Gasteiger charge is -2.28. The fourth-order valence-corrected chi connectivity index (χ4v) is 3.54. The second-order valence-corrected chi connectivity index (χ2v) is 6.59. The summed E-state index contributed by atoms with van der Waals surface area (Å²) in [5, 5.41) is 4.65. The normalized spacial score (nSPS) is 20.4. The number of hydrogen-bond acceptors (Lipinski definition) is 5. The molecule has 0 aromatic carbocycles. The average molecular weight is 297 g/mol. The van der Waals surface area contributed by atoms with Gasteiger partial charge in [0.2, 0.25) is 0 Å². The fraction of sp³-hybridized carbons (Fsp3) is 0.800. The van der Waals surface area contributed by atoms with Gasteiger partial charge in [0, 0.05) is 24.5 Å². The number of thiazole rings is 1. The van der Waals surface area contributed by atoms with Crippen LogP contribution in [0.2, 0.25) is 0 Å². The van der Waals surface area contributed by atoms with Crippen molar-refractivity contribution in [3.05, 3.63) is 15.6 Å². The van der Waals surface area contributed by atoms with Crippen LogP contribution in [-0.2, 0) is 17.7 Å². The Morgan fingerprint density at radius 1 is 1.40 bits per heavy atom. The molecule has 2 rings (SSSR count). The maximum atomic E-state index is 5.89. The number of aryl methyl sites for hydroxylation is 1. The van der Waals surface area contributed by atoms with E-state index in [0.717, 1.165) is 50.6 Å². The molecule has 4 nitrogen and oxygen atoms in total. The minimum Gasteiger partial charge on any atom is -0.368 e. The lowest BCUT2D eigenvalue weighted by atomic mass is 10.2. The average Bonchev–Trinajstić information content (AvgIpc) is 2.83. The summed E-state index contributed by atoms with van der Waals surface area (Å²) >= 11 is 1.83. The molecule has 1 aliphatic rings. The molecule has 1 fully saturated rings. The molecule has 0 bridgehead atoms. The molecule has 5 heteroatoms. The van der Waals surface area contributed by atoms with Crippen molar-refractivity contribution in [3.63, 3.8) is 0 Å². The summed E-state index contributed by atoms with van der Waals surface area (Å²) < 4.78 is 5.89. The van der Waals surface area contributed by atoms with E-state index >= 15 is 0 Å². The summed E-state index contributed by atoms with van der Waals surface area (Å²) in [6, 6.07) is 0. The summed E-state index contributed by atoms with van der Waals surface area (Å²) in [7, 11) is 2.15. The lowest BCUT2D eigenvalue weighted by molar-refractivity contribution is -0.0210. The maximum absolute atomic E-state index is 5.89. The van der Waals surface area contributed by atoms with Gasteiger partial charge in [-0.2, -0.15) is 0 Å². The third-order valence-corrected chi connectivity index (χ3v) is 4.73. The van der Waals surface area contributed by atoms with Gasteiger partial charge in [0.15, 0.2) is 0 Å². The topological polar surface area (TPSA) is 37.4 Å². The summed E-state index contributed by atoms with van der Waals surface area (Å²) in [5.41, 5.74) is 1.27. The van der Waals surface area contributed by atoms with E-state index in [-0.39, 0.29) is 6.10 Å². The summed E-state index contributed by atoms with van der Waals surface area (Å²) in [6.45, 7) is 9.23. The van der Waals surface area contributed by atoms with Crippen molar-refractivity contribution in [3.8, 4) is 0 Å². The van der Waals surface area contributed by atoms with Crippen molar-refractivity contribution < 1.29 is 4.74 Å². The maximum Gasteiger partial charge on any atom is 0.123 e. The molecule has 0 amide bonds. The van der Waals surface area contributed by atoms with Gasteiger partial charge in [-0.1, -0.05) is 20.3 Å². The number of likely N-dealkylation sites (N-methyl/N-ethyl adjacent to an activating group) is 1. The Bertz CT molecular complexity index is 408. The molecule has 0 saturated carbocycles. The molecule has 114 valence electrons. The van der Waals surface area contributed by atoms with Crippen LogP contribution in [0.3, 0.4) is 0 Å². The second kappa shape index (κ2) is 8.08. The van der Waals surface area contributed by atoms with E-state index in [2.05, 4.69) is 31.1 Å². The van der Waals surface area contributed by atoms with Gasteiger partial charge in [0.1, 0.15) is 11.1 Å². The zero-order valence-corrected chi connectivity index (χ0v) is 13.8. The van der Waals surface area contributed by atoms with Crippen molar-refractivity contribution in [1.29, 1.82) is 0 Å². The largest absolute Gasteiger partial charge is 0.368 e. The first-order chi connectivity index (χ1) is 9.74. The SMILES string of the molecule is CCCNCc1sc(C2CN(C)CCO2)nc1CCC. The molecule has 1 N–H and O–H groups in total. The van der Waals surface area contributed by atoms with Crippen LogP contribution < -0.4 is 5.32 Å². The zero-order valence-electron chi connectivity index (χ0n) is 12.9. The number of ether oxygens (including phenoxy) is 1. The quantitative estimate of drug-likeness (QED) is 0.785. The Labute approximate surface area is 126 Å². The zero-order chi connectivity index (χ0) is 14.4. The van der Waals surface area contributed by atoms with Crippen LogP contribution >= 0.6 is 11.3 Å². The van der Waals surface area contributed by atoms with Gasteiger partial charge < -0.3 is 15.0 Å². The number of aromatic nitrogens is 1. The third-order valence-electron chi connectivity index (χ3n) is 3.54. The molecule has 1 unspecified atom stereocenters. The van der Waals surface area contributed by atoms with E-state index in [1.807, 2.05) is 11.3 Å². The van der Waals surface area contributed by atoms with E-state index < -0.39 is 0 Å². The number of morpholine rings is 1. The van der Waals surface area contributed by atoms with E-state index in [4.69, 9.17) is 9.72 Å². The predicted octanol–water partition coefficient (Wildman–Crippen LogP) is 2.60. The van der Waals surface area contributed by atoms with E-state index in [9.17, 15) is 0 Å². The van der Waals surface area contributed by atoms with Gasteiger partial charge in [-0.25, -0.2) is 4.98 Å². The van der Waals surface area contributed by atoms with E-state index in [1.54, 1.807) is 0 Å². The van der Waals surface area contributed by atoms with Crippen molar-refractivity contribution in [2.75, 3.05) is 33.3 Å². The number of hydrogen-bond donors (Lipinski definition) is 1. The molecule has 0 spiro atoms. The standard InChI is InChI=1S/C15H27N3OS/c1-4-6-12-14(10-16-7-5-2)20-15(17-12)13-11-18(3)8-9-19-13/h13,16H,4-11H2,1-3H3. The highest BCUT2D eigenvalue weighted by atomic mass is 32.1. The van der Waals surface area contributed by atoms with Crippen LogP contribution in [0.15, 0.2) is 0 Å². The van der Waals surface area contributed by atoms with Crippen molar-refractivity contribution in [1.82, 2.24) is 15.2 Å². The highest BCUT2D eigenvalue weighted by Gasteiger charge is 2.24. The molecular weight excluding hydrogens is 270 g/mol. The van der Waals surface area contributed by atoms with Crippen molar-refractivity contribution in [2.24, 2.45) is 0 Å². The van der Waals surface area contributed by atoms with Crippen LogP contribution in [0.4, 0.5) is 0 Å². The lowest BCUT2D eigenvalue weighted by Crippen LogP contribution is -2.35. The van der Waals surface area contributed by atoms with Crippen LogP contribution in [0.25, 0.3) is 0 Å². The molecule has 1 aliphatic heterocycles. The molecule has 1 aromatic heterocycles. The minimum atomic E-state index is 0.161. The predicted molar refractivity (Wildman–Crippen MR) is 84.3 cm³/mol. The van der Waals surface area contributed by atoms with Gasteiger partial charge in [-0.15, -0.1) is 11.3 Å². The van der Waals surface area contributed by atoms with Gasteiger partial charge >= 0.3 is 0 Å². The second-order valence-electron chi connectivity index (χ2n) is 5.47. The van der Waals surface area contributed by atoms with Gasteiger partial charge in [0.25, 0.3) is 0 Å². The first-order valence-corrected chi connectivity index (χ1v) is 8.55. The minimum absolute atomic E-state index is 0.161. The first-order valence-electron chi connectivity index (χ1n) is 7.73. The summed E-state index contributed by atoms with van der Waals surface area (Å²) in [6.07, 6.45) is 3.55. The number of nitrogens with zero attached hydrogens (tertiary/aromatic N) is 2. The highest BCUT2D eigenvalue weighted by Crippen LogP contribution is 2.29. The van der Waals surface area contributed by atoms with E-state index in [1.165, 1.54) is 17.0 Å². The molecule has 2 heterocycles. The Kier molecular flexibility index (Phi) is 6.42. The molecule has 1 aromatic rings. The van der Waals surface area contributed by atoms with Crippen LogP contribution in [0.5, 0.6) is 0 Å². The molecule has 1 saturated heterocycles. The van der Waals surface area contributed by atoms with Crippen molar-refractivity contribution >= 4 is 11.3 Å².